The Hall–Kier alpha value is -0.290. The minimum atomic E-state index is -4.05. The van der Waals surface area contributed by atoms with Crippen LogP contribution in [0.5, 0.6) is 0 Å². The molecule has 0 spiro atoms. The van der Waals surface area contributed by atoms with Crippen LogP contribution in [0.25, 0.3) is 0 Å². The van der Waals surface area contributed by atoms with E-state index in [1.807, 2.05) is 13.8 Å². The van der Waals surface area contributed by atoms with Crippen molar-refractivity contribution >= 4 is 0 Å². The first-order valence-corrected chi connectivity index (χ1v) is 4.81. The maximum atomic E-state index is 11.9. The minimum Gasteiger partial charge on any atom is -0.323 e. The molecule has 1 heterocycles. The summed E-state index contributed by atoms with van der Waals surface area (Å²) in [7, 11) is 0. The summed E-state index contributed by atoms with van der Waals surface area (Å²) >= 11 is 0. The summed E-state index contributed by atoms with van der Waals surface area (Å²) in [6.07, 6.45) is -4.79. The molecular formula is C9H17F3N2. The van der Waals surface area contributed by atoms with Gasteiger partial charge >= 0.3 is 6.18 Å². The van der Waals surface area contributed by atoms with Gasteiger partial charge in [0.1, 0.15) is 0 Å². The van der Waals surface area contributed by atoms with Crippen LogP contribution >= 0.6 is 0 Å². The zero-order chi connectivity index (χ0) is 11.0. The minimum absolute atomic E-state index is 0.0785. The Labute approximate surface area is 82.2 Å². The number of nitrogens with two attached hydrogens (primary N) is 1. The van der Waals surface area contributed by atoms with Crippen molar-refractivity contribution in [3.63, 3.8) is 0 Å². The van der Waals surface area contributed by atoms with Gasteiger partial charge in [-0.05, 0) is 5.92 Å². The first kappa shape index (κ1) is 11.8. The van der Waals surface area contributed by atoms with Crippen molar-refractivity contribution in [3.8, 4) is 0 Å². The van der Waals surface area contributed by atoms with Gasteiger partial charge < -0.3 is 5.73 Å². The van der Waals surface area contributed by atoms with Crippen LogP contribution in [0.15, 0.2) is 0 Å². The SMILES string of the molecule is CC(C)C1(N)CN(CCC(F)(F)F)C1. The fraction of sp³-hybridized carbons (Fsp3) is 1.00. The van der Waals surface area contributed by atoms with Crippen LogP contribution in [0.4, 0.5) is 13.2 Å². The monoisotopic (exact) mass is 210 g/mol. The molecule has 2 nitrogen and oxygen atoms in total. The molecule has 84 valence electrons. The Morgan fingerprint density at radius 2 is 1.86 bits per heavy atom. The standard InChI is InChI=1S/C9H17F3N2/c1-7(2)8(13)5-14(6-8)4-3-9(10,11)12/h7H,3-6,13H2,1-2H3. The third kappa shape index (κ3) is 2.85. The van der Waals surface area contributed by atoms with Crippen molar-refractivity contribution < 1.29 is 13.2 Å². The van der Waals surface area contributed by atoms with E-state index in [1.165, 1.54) is 0 Å². The Morgan fingerprint density at radius 3 is 2.21 bits per heavy atom. The molecule has 1 aliphatic heterocycles. The van der Waals surface area contributed by atoms with Crippen LogP contribution < -0.4 is 5.73 Å². The molecule has 0 amide bonds. The molecule has 0 unspecified atom stereocenters. The molecular weight excluding hydrogens is 193 g/mol. The highest BCUT2D eigenvalue weighted by molar-refractivity contribution is 5.01. The lowest BCUT2D eigenvalue weighted by atomic mass is 9.80. The van der Waals surface area contributed by atoms with Gasteiger partial charge in [-0.1, -0.05) is 13.8 Å². The van der Waals surface area contributed by atoms with E-state index in [0.29, 0.717) is 19.0 Å². The lowest BCUT2D eigenvalue weighted by Gasteiger charge is -2.50. The Kier molecular flexibility index (Phi) is 3.11. The lowest BCUT2D eigenvalue weighted by Crippen LogP contribution is -2.70. The predicted molar refractivity (Wildman–Crippen MR) is 48.9 cm³/mol. The molecule has 1 aliphatic rings. The molecule has 1 rings (SSSR count). The zero-order valence-corrected chi connectivity index (χ0v) is 8.56. The third-order valence-electron chi connectivity index (χ3n) is 2.90. The van der Waals surface area contributed by atoms with Crippen LogP contribution in [-0.4, -0.2) is 36.2 Å². The first-order chi connectivity index (χ1) is 6.23. The Balaban J connectivity index is 2.22. The van der Waals surface area contributed by atoms with Gasteiger partial charge in [0.15, 0.2) is 0 Å². The quantitative estimate of drug-likeness (QED) is 0.766. The van der Waals surface area contributed by atoms with Crippen LogP contribution in [0, 0.1) is 5.92 Å². The summed E-state index contributed by atoms with van der Waals surface area (Å²) in [5.41, 5.74) is 5.68. The van der Waals surface area contributed by atoms with Gasteiger partial charge in [0, 0.05) is 25.2 Å². The molecule has 14 heavy (non-hydrogen) atoms. The summed E-state index contributed by atoms with van der Waals surface area (Å²) in [6, 6.07) is 0. The molecule has 0 aromatic carbocycles. The Morgan fingerprint density at radius 1 is 1.36 bits per heavy atom. The number of hydrogen-bond donors (Lipinski definition) is 1. The molecule has 2 N–H and O–H groups in total. The lowest BCUT2D eigenvalue weighted by molar-refractivity contribution is -0.142. The van der Waals surface area contributed by atoms with Crippen molar-refractivity contribution in [2.24, 2.45) is 11.7 Å². The number of rotatable bonds is 3. The average Bonchev–Trinajstić information content (AvgIpc) is 1.93. The molecule has 1 fully saturated rings. The smallest absolute Gasteiger partial charge is 0.323 e. The molecule has 0 aromatic heterocycles. The molecule has 0 atom stereocenters. The van der Waals surface area contributed by atoms with Gasteiger partial charge in [-0.3, -0.25) is 4.90 Å². The van der Waals surface area contributed by atoms with Crippen molar-refractivity contribution in [2.45, 2.75) is 32.0 Å². The summed E-state index contributed by atoms with van der Waals surface area (Å²) in [5, 5.41) is 0. The fourth-order valence-corrected chi connectivity index (χ4v) is 1.59. The number of likely N-dealkylation sites (tertiary alicyclic amines) is 1. The van der Waals surface area contributed by atoms with Gasteiger partial charge in [-0.15, -0.1) is 0 Å². The zero-order valence-electron chi connectivity index (χ0n) is 8.56. The second-order valence-corrected chi connectivity index (χ2v) is 4.46. The number of halogens is 3. The molecule has 1 saturated heterocycles. The summed E-state index contributed by atoms with van der Waals surface area (Å²) < 4.78 is 35.6. The van der Waals surface area contributed by atoms with Gasteiger partial charge in [0.25, 0.3) is 0 Å². The van der Waals surface area contributed by atoms with Gasteiger partial charge in [-0.25, -0.2) is 0 Å². The largest absolute Gasteiger partial charge is 0.390 e. The highest BCUT2D eigenvalue weighted by Crippen LogP contribution is 2.28. The van der Waals surface area contributed by atoms with Crippen molar-refractivity contribution in [2.75, 3.05) is 19.6 Å². The van der Waals surface area contributed by atoms with Gasteiger partial charge in [0.2, 0.25) is 0 Å². The van der Waals surface area contributed by atoms with E-state index in [4.69, 9.17) is 5.73 Å². The summed E-state index contributed by atoms with van der Waals surface area (Å²) in [6.45, 7) is 5.25. The molecule has 0 radical (unpaired) electrons. The second kappa shape index (κ2) is 3.70. The van der Waals surface area contributed by atoms with Crippen molar-refractivity contribution in [3.05, 3.63) is 0 Å². The van der Waals surface area contributed by atoms with E-state index in [1.54, 1.807) is 4.90 Å². The van der Waals surface area contributed by atoms with Crippen LogP contribution in [0.3, 0.4) is 0 Å². The van der Waals surface area contributed by atoms with Gasteiger partial charge in [-0.2, -0.15) is 13.2 Å². The maximum absolute atomic E-state index is 11.9. The molecule has 0 aromatic rings. The predicted octanol–water partition coefficient (Wildman–Crippen LogP) is 1.61. The van der Waals surface area contributed by atoms with Crippen LogP contribution in [0.1, 0.15) is 20.3 Å². The summed E-state index contributed by atoms with van der Waals surface area (Å²) in [4.78, 5) is 1.76. The van der Waals surface area contributed by atoms with E-state index in [9.17, 15) is 13.2 Å². The molecule has 0 bridgehead atoms. The second-order valence-electron chi connectivity index (χ2n) is 4.46. The Bertz CT molecular complexity index is 195. The van der Waals surface area contributed by atoms with Crippen LogP contribution in [0.2, 0.25) is 0 Å². The van der Waals surface area contributed by atoms with Gasteiger partial charge in [0.05, 0.1) is 6.42 Å². The maximum Gasteiger partial charge on any atom is 0.390 e. The van der Waals surface area contributed by atoms with E-state index in [0.717, 1.165) is 0 Å². The topological polar surface area (TPSA) is 29.3 Å². The van der Waals surface area contributed by atoms with Crippen LogP contribution in [-0.2, 0) is 0 Å². The molecule has 5 heteroatoms. The van der Waals surface area contributed by atoms with E-state index in [-0.39, 0.29) is 12.1 Å². The number of hydrogen-bond acceptors (Lipinski definition) is 2. The van der Waals surface area contributed by atoms with Crippen molar-refractivity contribution in [1.82, 2.24) is 4.90 Å². The normalized spacial score (nSPS) is 22.5. The molecule has 0 saturated carbocycles. The van der Waals surface area contributed by atoms with E-state index in [2.05, 4.69) is 0 Å². The number of alkyl halides is 3. The molecule has 0 aliphatic carbocycles. The summed E-state index contributed by atoms with van der Waals surface area (Å²) in [5.74, 6) is 0.324. The average molecular weight is 210 g/mol. The third-order valence-corrected chi connectivity index (χ3v) is 2.90. The first-order valence-electron chi connectivity index (χ1n) is 4.81. The highest BCUT2D eigenvalue weighted by Gasteiger charge is 2.42. The van der Waals surface area contributed by atoms with E-state index >= 15 is 0 Å². The fourth-order valence-electron chi connectivity index (χ4n) is 1.59. The van der Waals surface area contributed by atoms with Crippen molar-refractivity contribution in [1.29, 1.82) is 0 Å². The van der Waals surface area contributed by atoms with E-state index < -0.39 is 12.6 Å². The highest BCUT2D eigenvalue weighted by atomic mass is 19.4. The number of nitrogens with zero attached hydrogens (tertiary/aromatic N) is 1.